The molecule has 2 aliphatic rings. The van der Waals surface area contributed by atoms with E-state index in [0.29, 0.717) is 41.1 Å². The van der Waals surface area contributed by atoms with Crippen LogP contribution in [0.25, 0.3) is 0 Å². The van der Waals surface area contributed by atoms with Crippen LogP contribution in [0.3, 0.4) is 0 Å². The lowest BCUT2D eigenvalue weighted by Crippen LogP contribution is -2.39. The number of carbonyl (C=O) groups excluding carboxylic acids is 2. The normalized spacial score (nSPS) is 19.4. The number of ketones is 1. The molecular formula is C25H25ClN4O4. The van der Waals surface area contributed by atoms with Gasteiger partial charge in [0.05, 0.1) is 4.92 Å². The minimum absolute atomic E-state index is 0.0105. The van der Waals surface area contributed by atoms with Crippen LogP contribution in [-0.2, 0) is 9.59 Å². The fourth-order valence-corrected chi connectivity index (χ4v) is 4.90. The summed E-state index contributed by atoms with van der Waals surface area (Å²) >= 11 is 6.05. The smallest absolute Gasteiger partial charge is 0.288 e. The molecule has 9 heteroatoms. The monoisotopic (exact) mass is 480 g/mol. The third kappa shape index (κ3) is 4.46. The third-order valence-electron chi connectivity index (χ3n) is 6.11. The minimum Gasteiger partial charge on any atom is -0.362 e. The number of pyridine rings is 1. The standard InChI is InChI=1S/C25H25ClN4O4/c1-13-6-5-7-20(27-13)29-24(32)21-14(2)28-17-11-25(3,4)12-19(31)23(17)22(21)15-8-9-16(26)18(10-15)30(33)34/h5-10,22,28H,11-12H2,1-4H3,(H,27,29,32)/t22-/m0/s1. The molecule has 1 aliphatic heterocycles. The number of allylic oxidation sites excluding steroid dienone is 3. The molecule has 0 saturated carbocycles. The lowest BCUT2D eigenvalue weighted by Gasteiger charge is -2.39. The molecule has 1 aromatic carbocycles. The molecule has 0 spiro atoms. The average molecular weight is 481 g/mol. The summed E-state index contributed by atoms with van der Waals surface area (Å²) in [6.07, 6.45) is 0.930. The van der Waals surface area contributed by atoms with Gasteiger partial charge < -0.3 is 10.6 Å². The van der Waals surface area contributed by atoms with E-state index in [0.717, 1.165) is 11.4 Å². The Hall–Kier alpha value is -3.52. The van der Waals surface area contributed by atoms with E-state index in [-0.39, 0.29) is 21.9 Å². The maximum absolute atomic E-state index is 13.5. The molecule has 1 aliphatic carbocycles. The molecule has 0 unspecified atom stereocenters. The highest BCUT2D eigenvalue weighted by Crippen LogP contribution is 2.47. The molecule has 1 amide bonds. The molecule has 1 aromatic heterocycles. The van der Waals surface area contributed by atoms with Crippen molar-refractivity contribution in [2.75, 3.05) is 5.32 Å². The zero-order valence-corrected chi connectivity index (χ0v) is 20.1. The van der Waals surface area contributed by atoms with Crippen molar-refractivity contribution >= 4 is 34.8 Å². The quantitative estimate of drug-likeness (QED) is 0.459. The summed E-state index contributed by atoms with van der Waals surface area (Å²) in [5.74, 6) is -0.926. The lowest BCUT2D eigenvalue weighted by atomic mass is 9.68. The molecule has 0 radical (unpaired) electrons. The van der Waals surface area contributed by atoms with Gasteiger partial charge in [-0.2, -0.15) is 0 Å². The van der Waals surface area contributed by atoms with Gasteiger partial charge in [-0.25, -0.2) is 4.98 Å². The van der Waals surface area contributed by atoms with Gasteiger partial charge in [-0.1, -0.05) is 37.6 Å². The fourth-order valence-electron chi connectivity index (χ4n) is 4.72. The third-order valence-corrected chi connectivity index (χ3v) is 6.43. The van der Waals surface area contributed by atoms with Gasteiger partial charge >= 0.3 is 0 Å². The molecule has 0 bridgehead atoms. The number of anilines is 1. The second-order valence-electron chi connectivity index (χ2n) is 9.52. The summed E-state index contributed by atoms with van der Waals surface area (Å²) in [4.78, 5) is 42.2. The van der Waals surface area contributed by atoms with Gasteiger partial charge in [0.1, 0.15) is 10.8 Å². The van der Waals surface area contributed by atoms with Crippen molar-refractivity contribution in [2.45, 2.75) is 46.5 Å². The number of hydrogen-bond acceptors (Lipinski definition) is 6. The molecule has 8 nitrogen and oxygen atoms in total. The second kappa shape index (κ2) is 8.68. The summed E-state index contributed by atoms with van der Waals surface area (Å²) in [6.45, 7) is 7.62. The van der Waals surface area contributed by atoms with E-state index in [1.807, 2.05) is 26.8 Å². The predicted octanol–water partition coefficient (Wildman–Crippen LogP) is 5.19. The summed E-state index contributed by atoms with van der Waals surface area (Å²) in [5, 5.41) is 17.7. The van der Waals surface area contributed by atoms with Crippen molar-refractivity contribution in [3.63, 3.8) is 0 Å². The van der Waals surface area contributed by atoms with Gasteiger partial charge in [-0.15, -0.1) is 0 Å². The Kier molecular flexibility index (Phi) is 6.03. The number of rotatable bonds is 4. The van der Waals surface area contributed by atoms with Crippen LogP contribution >= 0.6 is 11.6 Å². The average Bonchev–Trinajstić information content (AvgIpc) is 2.71. The molecular weight excluding hydrogens is 456 g/mol. The summed E-state index contributed by atoms with van der Waals surface area (Å²) in [7, 11) is 0. The van der Waals surface area contributed by atoms with E-state index in [1.165, 1.54) is 12.1 Å². The van der Waals surface area contributed by atoms with E-state index >= 15 is 0 Å². The Labute approximate surface area is 202 Å². The van der Waals surface area contributed by atoms with Crippen LogP contribution in [0.1, 0.15) is 50.8 Å². The zero-order valence-electron chi connectivity index (χ0n) is 19.4. The highest BCUT2D eigenvalue weighted by Gasteiger charge is 2.43. The topological polar surface area (TPSA) is 114 Å². The van der Waals surface area contributed by atoms with Crippen molar-refractivity contribution in [1.82, 2.24) is 10.3 Å². The second-order valence-corrected chi connectivity index (χ2v) is 9.92. The Morgan fingerprint density at radius 3 is 2.65 bits per heavy atom. The number of nitro benzene ring substituents is 1. The predicted molar refractivity (Wildman–Crippen MR) is 129 cm³/mol. The Balaban J connectivity index is 1.86. The van der Waals surface area contributed by atoms with E-state index < -0.39 is 16.7 Å². The summed E-state index contributed by atoms with van der Waals surface area (Å²) < 4.78 is 0. The van der Waals surface area contributed by atoms with Crippen LogP contribution in [0.2, 0.25) is 5.02 Å². The van der Waals surface area contributed by atoms with Crippen LogP contribution in [0, 0.1) is 22.5 Å². The Morgan fingerprint density at radius 2 is 1.97 bits per heavy atom. The number of amides is 1. The van der Waals surface area contributed by atoms with Crippen LogP contribution in [0.4, 0.5) is 11.5 Å². The van der Waals surface area contributed by atoms with Crippen LogP contribution in [0.5, 0.6) is 0 Å². The van der Waals surface area contributed by atoms with Gasteiger partial charge in [-0.05, 0) is 49.4 Å². The van der Waals surface area contributed by atoms with Crippen LogP contribution in [0.15, 0.2) is 58.9 Å². The SMILES string of the molecule is CC1=C(C(=O)Nc2cccc(C)n2)[C@H](c2ccc(Cl)c([N+](=O)[O-])c2)C2=C(CC(C)(C)CC2=O)N1. The Bertz CT molecular complexity index is 1300. The maximum Gasteiger partial charge on any atom is 0.288 e. The molecule has 0 saturated heterocycles. The number of nitrogens with zero attached hydrogens (tertiary/aromatic N) is 2. The molecule has 176 valence electrons. The molecule has 4 rings (SSSR count). The largest absolute Gasteiger partial charge is 0.362 e. The van der Waals surface area contributed by atoms with Crippen molar-refractivity contribution in [3.05, 3.63) is 85.3 Å². The van der Waals surface area contributed by atoms with E-state index in [1.54, 1.807) is 25.1 Å². The number of benzene rings is 1. The highest BCUT2D eigenvalue weighted by atomic mass is 35.5. The van der Waals surface area contributed by atoms with E-state index in [4.69, 9.17) is 11.6 Å². The molecule has 2 heterocycles. The number of nitro groups is 1. The number of halogens is 1. The first-order valence-corrected chi connectivity index (χ1v) is 11.3. The lowest BCUT2D eigenvalue weighted by molar-refractivity contribution is -0.384. The number of carbonyl (C=O) groups is 2. The maximum atomic E-state index is 13.5. The van der Waals surface area contributed by atoms with Gasteiger partial charge in [0, 0.05) is 46.6 Å². The first-order valence-electron chi connectivity index (χ1n) is 10.9. The highest BCUT2D eigenvalue weighted by molar-refractivity contribution is 6.32. The number of hydrogen-bond donors (Lipinski definition) is 2. The molecule has 2 N–H and O–H groups in total. The van der Waals surface area contributed by atoms with Crippen molar-refractivity contribution in [2.24, 2.45) is 5.41 Å². The number of nitrogens with one attached hydrogen (secondary N) is 2. The van der Waals surface area contributed by atoms with Crippen molar-refractivity contribution in [3.8, 4) is 0 Å². The van der Waals surface area contributed by atoms with Crippen LogP contribution < -0.4 is 10.6 Å². The first kappa shape index (κ1) is 23.6. The molecule has 34 heavy (non-hydrogen) atoms. The van der Waals surface area contributed by atoms with Crippen LogP contribution in [-0.4, -0.2) is 21.6 Å². The fraction of sp³-hybridized carbons (Fsp3) is 0.320. The van der Waals surface area contributed by atoms with Gasteiger partial charge in [-0.3, -0.25) is 19.7 Å². The number of aromatic nitrogens is 1. The molecule has 2 aromatic rings. The molecule has 1 atom stereocenters. The Morgan fingerprint density at radius 1 is 1.24 bits per heavy atom. The van der Waals surface area contributed by atoms with E-state index in [2.05, 4.69) is 15.6 Å². The summed E-state index contributed by atoms with van der Waals surface area (Å²) in [5.41, 5.74) is 2.77. The summed E-state index contributed by atoms with van der Waals surface area (Å²) in [6, 6.07) is 9.69. The minimum atomic E-state index is -0.777. The van der Waals surface area contributed by atoms with Gasteiger partial charge in [0.15, 0.2) is 5.78 Å². The van der Waals surface area contributed by atoms with Gasteiger partial charge in [0.25, 0.3) is 11.6 Å². The first-order chi connectivity index (χ1) is 16.0. The molecule has 0 fully saturated rings. The number of dihydropyridines is 1. The van der Waals surface area contributed by atoms with Crippen molar-refractivity contribution in [1.29, 1.82) is 0 Å². The number of Topliss-reactive ketones (excluding diaryl/α,β-unsaturated/α-hetero) is 1. The van der Waals surface area contributed by atoms with Crippen molar-refractivity contribution < 1.29 is 14.5 Å². The van der Waals surface area contributed by atoms with E-state index in [9.17, 15) is 19.7 Å². The number of aryl methyl sites for hydroxylation is 1. The zero-order chi connectivity index (χ0) is 24.8. The van der Waals surface area contributed by atoms with Gasteiger partial charge in [0.2, 0.25) is 0 Å².